The number of benzene rings is 4. The van der Waals surface area contributed by atoms with Gasteiger partial charge >= 0.3 is 0 Å². The summed E-state index contributed by atoms with van der Waals surface area (Å²) < 4.78 is 37.3. The molecule has 0 aromatic heterocycles. The number of ether oxygens (including phenoxy) is 4. The molecule has 4 aromatic carbocycles. The van der Waals surface area contributed by atoms with Crippen molar-refractivity contribution in [1.29, 1.82) is 0 Å². The normalized spacial score (nSPS) is 10.8. The van der Waals surface area contributed by atoms with Gasteiger partial charge in [-0.1, -0.05) is 42.5 Å². The molecule has 0 heterocycles. The molecule has 0 saturated carbocycles. The molecule has 4 aromatic rings. The maximum Gasteiger partial charge on any atom is 0.271 e. The summed E-state index contributed by atoms with van der Waals surface area (Å²) in [6, 6.07) is 24.6. The fraction of sp³-hybridized carbons (Fsp3) is 0.161. The van der Waals surface area contributed by atoms with Crippen LogP contribution in [0.3, 0.4) is 0 Å². The van der Waals surface area contributed by atoms with Crippen LogP contribution in [0.1, 0.15) is 34.0 Å². The molecule has 0 unspecified atom stereocenters. The third-order valence-electron chi connectivity index (χ3n) is 5.65. The number of halogens is 2. The van der Waals surface area contributed by atoms with Crippen molar-refractivity contribution in [3.8, 4) is 23.0 Å². The van der Waals surface area contributed by atoms with Crippen LogP contribution in [0.25, 0.3) is 0 Å². The predicted molar refractivity (Wildman–Crippen MR) is 160 cm³/mol. The molecule has 0 bridgehead atoms. The first-order chi connectivity index (χ1) is 19.5. The van der Waals surface area contributed by atoms with E-state index in [1.54, 1.807) is 36.4 Å². The summed E-state index contributed by atoms with van der Waals surface area (Å²) in [6.07, 6.45) is 1.52. The lowest BCUT2D eigenvalue weighted by Gasteiger charge is -2.15. The highest BCUT2D eigenvalue weighted by Gasteiger charge is 2.14. The third kappa shape index (κ3) is 7.95. The van der Waals surface area contributed by atoms with Crippen LogP contribution in [0.15, 0.2) is 90.0 Å². The number of carbonyl (C=O) groups is 1. The summed E-state index contributed by atoms with van der Waals surface area (Å²) in [7, 11) is 1.52. The fourth-order valence-electron chi connectivity index (χ4n) is 3.74. The van der Waals surface area contributed by atoms with Gasteiger partial charge in [-0.3, -0.25) is 4.79 Å². The summed E-state index contributed by atoms with van der Waals surface area (Å²) in [4.78, 5) is 12.7. The Hall–Kier alpha value is -4.12. The molecule has 9 heteroatoms. The summed E-state index contributed by atoms with van der Waals surface area (Å²) in [5.74, 6) is 1.32. The van der Waals surface area contributed by atoms with E-state index in [1.807, 2.05) is 43.3 Å². The Morgan fingerprint density at radius 2 is 1.65 bits per heavy atom. The SMILES string of the molecule is CCOc1cc(/C=N/NC(=O)c2ccc(OCc3ccccc3)c(OC)c2)cc(I)c1OCc1cccc(F)c1. The number of hydrogen-bond donors (Lipinski definition) is 1. The Balaban J connectivity index is 1.41. The van der Waals surface area contributed by atoms with E-state index >= 15 is 0 Å². The van der Waals surface area contributed by atoms with Crippen LogP contribution in [-0.2, 0) is 13.2 Å². The lowest BCUT2D eigenvalue weighted by atomic mass is 10.2. The van der Waals surface area contributed by atoms with E-state index in [0.717, 1.165) is 9.13 Å². The van der Waals surface area contributed by atoms with Crippen molar-refractivity contribution in [2.75, 3.05) is 13.7 Å². The molecule has 0 aliphatic carbocycles. The maximum absolute atomic E-state index is 13.5. The second kappa shape index (κ2) is 14.3. The van der Waals surface area contributed by atoms with Crippen molar-refractivity contribution in [2.24, 2.45) is 5.10 Å². The van der Waals surface area contributed by atoms with Gasteiger partial charge < -0.3 is 18.9 Å². The number of rotatable bonds is 12. The van der Waals surface area contributed by atoms with Gasteiger partial charge in [-0.15, -0.1) is 0 Å². The molecule has 206 valence electrons. The molecule has 0 atom stereocenters. The molecule has 0 aliphatic heterocycles. The first kappa shape index (κ1) is 28.9. The van der Waals surface area contributed by atoms with Gasteiger partial charge in [0.05, 0.1) is 23.5 Å². The van der Waals surface area contributed by atoms with Gasteiger partial charge in [0.25, 0.3) is 5.91 Å². The highest BCUT2D eigenvalue weighted by atomic mass is 127. The van der Waals surface area contributed by atoms with E-state index in [1.165, 1.54) is 25.5 Å². The highest BCUT2D eigenvalue weighted by molar-refractivity contribution is 14.1. The zero-order chi connectivity index (χ0) is 28.3. The van der Waals surface area contributed by atoms with Crippen molar-refractivity contribution in [1.82, 2.24) is 5.43 Å². The van der Waals surface area contributed by atoms with Gasteiger partial charge in [0.2, 0.25) is 0 Å². The molecule has 0 aliphatic rings. The second-order valence-electron chi connectivity index (χ2n) is 8.52. The molecule has 1 N–H and O–H groups in total. The fourth-order valence-corrected chi connectivity index (χ4v) is 4.52. The number of amides is 1. The summed E-state index contributed by atoms with van der Waals surface area (Å²) in [6.45, 7) is 2.87. The first-order valence-corrected chi connectivity index (χ1v) is 13.6. The van der Waals surface area contributed by atoms with Crippen LogP contribution in [0.5, 0.6) is 23.0 Å². The van der Waals surface area contributed by atoms with E-state index in [2.05, 4.69) is 33.1 Å². The molecule has 0 saturated heterocycles. The van der Waals surface area contributed by atoms with Crippen molar-refractivity contribution >= 4 is 34.7 Å². The molecule has 0 fully saturated rings. The Kier molecular flexibility index (Phi) is 10.3. The Morgan fingerprint density at radius 3 is 2.40 bits per heavy atom. The Labute approximate surface area is 246 Å². The third-order valence-corrected chi connectivity index (χ3v) is 6.45. The van der Waals surface area contributed by atoms with Gasteiger partial charge in [0.15, 0.2) is 23.0 Å². The predicted octanol–water partition coefficient (Wildman–Crippen LogP) is 6.76. The average Bonchev–Trinajstić information content (AvgIpc) is 2.96. The van der Waals surface area contributed by atoms with Gasteiger partial charge in [-0.05, 0) is 88.7 Å². The minimum absolute atomic E-state index is 0.191. The lowest BCUT2D eigenvalue weighted by molar-refractivity contribution is 0.0954. The topological polar surface area (TPSA) is 78.4 Å². The number of carbonyl (C=O) groups excluding carboxylic acids is 1. The van der Waals surface area contributed by atoms with Crippen molar-refractivity contribution in [3.63, 3.8) is 0 Å². The van der Waals surface area contributed by atoms with Gasteiger partial charge in [-0.25, -0.2) is 9.82 Å². The van der Waals surface area contributed by atoms with Crippen LogP contribution in [0.2, 0.25) is 0 Å². The van der Waals surface area contributed by atoms with Crippen molar-refractivity contribution in [2.45, 2.75) is 20.1 Å². The molecule has 1 amide bonds. The number of nitrogens with one attached hydrogen (secondary N) is 1. The highest BCUT2D eigenvalue weighted by Crippen LogP contribution is 2.34. The minimum Gasteiger partial charge on any atom is -0.493 e. The molecule has 40 heavy (non-hydrogen) atoms. The Morgan fingerprint density at radius 1 is 0.875 bits per heavy atom. The first-order valence-electron chi connectivity index (χ1n) is 12.5. The van der Waals surface area contributed by atoms with E-state index < -0.39 is 5.91 Å². The van der Waals surface area contributed by atoms with Crippen LogP contribution in [0, 0.1) is 9.39 Å². The zero-order valence-electron chi connectivity index (χ0n) is 22.0. The minimum atomic E-state index is -0.404. The lowest BCUT2D eigenvalue weighted by Crippen LogP contribution is -2.17. The molecule has 0 spiro atoms. The molecule has 4 rings (SSSR count). The molecule has 0 radical (unpaired) electrons. The molecular formula is C31H28FIN2O5. The maximum atomic E-state index is 13.5. The van der Waals surface area contributed by atoms with Crippen molar-refractivity contribution < 1.29 is 28.1 Å². The number of methoxy groups -OCH3 is 1. The molecular weight excluding hydrogens is 626 g/mol. The monoisotopic (exact) mass is 654 g/mol. The number of nitrogens with zero attached hydrogens (tertiary/aromatic N) is 1. The van der Waals surface area contributed by atoms with Crippen LogP contribution in [0.4, 0.5) is 4.39 Å². The van der Waals surface area contributed by atoms with E-state index in [-0.39, 0.29) is 12.4 Å². The number of hydrogen-bond acceptors (Lipinski definition) is 6. The number of hydrazone groups is 1. The quantitative estimate of drug-likeness (QED) is 0.104. The van der Waals surface area contributed by atoms with E-state index in [9.17, 15) is 9.18 Å². The summed E-state index contributed by atoms with van der Waals surface area (Å²) in [5, 5.41) is 4.11. The van der Waals surface area contributed by atoms with E-state index in [0.29, 0.717) is 52.9 Å². The average molecular weight is 654 g/mol. The van der Waals surface area contributed by atoms with Crippen LogP contribution in [-0.4, -0.2) is 25.8 Å². The van der Waals surface area contributed by atoms with Crippen LogP contribution < -0.4 is 24.4 Å². The second-order valence-corrected chi connectivity index (χ2v) is 9.68. The standard InChI is InChI=1S/C31H28FIN2O5/c1-3-38-29-16-23(15-26(33)30(29)40-20-22-10-7-11-25(32)14-22)18-34-35-31(36)24-12-13-27(28(17-24)37-2)39-19-21-8-5-4-6-9-21/h4-18H,3,19-20H2,1-2H3,(H,35,36)/b34-18+. The van der Waals surface area contributed by atoms with E-state index in [4.69, 9.17) is 18.9 Å². The van der Waals surface area contributed by atoms with Crippen LogP contribution >= 0.6 is 22.6 Å². The largest absolute Gasteiger partial charge is 0.493 e. The van der Waals surface area contributed by atoms with Gasteiger partial charge in [0, 0.05) is 5.56 Å². The van der Waals surface area contributed by atoms with Crippen molar-refractivity contribution in [3.05, 3.63) is 117 Å². The van der Waals surface area contributed by atoms with Gasteiger partial charge in [-0.2, -0.15) is 5.10 Å². The summed E-state index contributed by atoms with van der Waals surface area (Å²) >= 11 is 2.14. The molecule has 7 nitrogen and oxygen atoms in total. The Bertz CT molecular complexity index is 1480. The zero-order valence-corrected chi connectivity index (χ0v) is 24.2. The smallest absolute Gasteiger partial charge is 0.271 e. The van der Waals surface area contributed by atoms with Gasteiger partial charge in [0.1, 0.15) is 19.0 Å². The summed E-state index contributed by atoms with van der Waals surface area (Å²) in [5.41, 5.74) is 5.34.